The molecule has 54 valence electrons. The Balaban J connectivity index is 2.94. The van der Waals surface area contributed by atoms with Gasteiger partial charge in [-0.05, 0) is 6.66 Å². The van der Waals surface area contributed by atoms with Crippen LogP contribution in [0.15, 0.2) is 0 Å². The normalized spacial score (nSPS) is 41.0. The van der Waals surface area contributed by atoms with Crippen LogP contribution in [0, 0.1) is 0 Å². The Morgan fingerprint density at radius 1 is 1.56 bits per heavy atom. The first-order chi connectivity index (χ1) is 3.91. The zero-order valence-corrected chi connectivity index (χ0v) is 6.61. The van der Waals surface area contributed by atoms with E-state index in [-0.39, 0.29) is 11.8 Å². The van der Waals surface area contributed by atoms with Gasteiger partial charge in [0.2, 0.25) is 0 Å². The monoisotopic (exact) mass is 170 g/mol. The lowest BCUT2D eigenvalue weighted by atomic mass is 11.7. The predicted octanol–water partition coefficient (Wildman–Crippen LogP) is 0.254. The summed E-state index contributed by atoms with van der Waals surface area (Å²) in [6.45, 7) is 1.43. The molecule has 1 saturated heterocycles. The summed E-state index contributed by atoms with van der Waals surface area (Å²) in [6.07, 6.45) is -0.116. The van der Waals surface area contributed by atoms with Crippen LogP contribution in [-0.4, -0.2) is 26.9 Å². The third kappa shape index (κ3) is 1.78. The van der Waals surface area contributed by atoms with Crippen molar-refractivity contribution in [2.45, 2.75) is 0 Å². The summed E-state index contributed by atoms with van der Waals surface area (Å²) < 4.78 is 36.1. The van der Waals surface area contributed by atoms with Crippen LogP contribution >= 0.6 is 7.14 Å². The van der Waals surface area contributed by atoms with Crippen molar-refractivity contribution in [2.24, 2.45) is 0 Å². The Kier molecular flexibility index (Phi) is 1.46. The molecule has 0 spiro atoms. The smallest absolute Gasteiger partial charge is 0.274 e. The molecule has 1 atom stereocenters. The molecule has 1 aliphatic heterocycles. The average molecular weight is 170 g/mol. The molecular formula is C3H7O4PS. The van der Waals surface area contributed by atoms with E-state index in [1.165, 1.54) is 6.66 Å². The van der Waals surface area contributed by atoms with E-state index in [9.17, 15) is 13.0 Å². The summed E-state index contributed by atoms with van der Waals surface area (Å²) in [5.41, 5.74) is -0.292. The Morgan fingerprint density at radius 3 is 2.22 bits per heavy atom. The molecule has 0 N–H and O–H groups in total. The maximum atomic E-state index is 10.9. The van der Waals surface area contributed by atoms with Gasteiger partial charge in [-0.15, -0.1) is 0 Å². The second-order valence-corrected chi connectivity index (χ2v) is 7.47. The predicted molar refractivity (Wildman–Crippen MR) is 33.3 cm³/mol. The average Bonchev–Trinajstić information content (AvgIpc) is 1.78. The van der Waals surface area contributed by atoms with Crippen molar-refractivity contribution < 1.29 is 17.2 Å². The molecule has 1 unspecified atom stereocenters. The van der Waals surface area contributed by atoms with Crippen molar-refractivity contribution in [3.05, 3.63) is 0 Å². The Morgan fingerprint density at radius 2 is 2.11 bits per heavy atom. The minimum atomic E-state index is -3.42. The van der Waals surface area contributed by atoms with Crippen molar-refractivity contribution in [3.8, 4) is 0 Å². The largest absolute Gasteiger partial charge is 0.320 e. The van der Waals surface area contributed by atoms with E-state index in [4.69, 9.17) is 0 Å². The Labute approximate surface area is 53.7 Å². The van der Waals surface area contributed by atoms with Crippen molar-refractivity contribution in [1.29, 1.82) is 0 Å². The quantitative estimate of drug-likeness (QED) is 0.386. The van der Waals surface area contributed by atoms with E-state index in [0.717, 1.165) is 0 Å². The molecular weight excluding hydrogens is 163 g/mol. The second-order valence-electron chi connectivity index (χ2n) is 2.23. The van der Waals surface area contributed by atoms with Crippen LogP contribution in [-0.2, 0) is 18.9 Å². The van der Waals surface area contributed by atoms with Gasteiger partial charge in [0.05, 0.1) is 0 Å². The summed E-state index contributed by atoms with van der Waals surface area (Å²) >= 11 is 0. The highest BCUT2D eigenvalue weighted by Gasteiger charge is 2.34. The van der Waals surface area contributed by atoms with Crippen LogP contribution in [0.2, 0.25) is 0 Å². The maximum Gasteiger partial charge on any atom is 0.274 e. The van der Waals surface area contributed by atoms with Gasteiger partial charge in [0.25, 0.3) is 10.1 Å². The molecule has 0 aromatic heterocycles. The first-order valence-electron chi connectivity index (χ1n) is 2.34. The molecule has 0 radical (unpaired) electrons. The lowest BCUT2D eigenvalue weighted by Crippen LogP contribution is -1.96. The summed E-state index contributed by atoms with van der Waals surface area (Å²) in [5, 5.41) is 0. The van der Waals surface area contributed by atoms with Crippen LogP contribution < -0.4 is 0 Å². The first-order valence-corrected chi connectivity index (χ1v) is 6.44. The highest BCUT2D eigenvalue weighted by molar-refractivity contribution is 7.97. The number of hydrogen-bond donors (Lipinski definition) is 0. The van der Waals surface area contributed by atoms with Crippen LogP contribution in [0.4, 0.5) is 0 Å². The van der Waals surface area contributed by atoms with E-state index >= 15 is 0 Å². The van der Waals surface area contributed by atoms with Crippen molar-refractivity contribution in [1.82, 2.24) is 0 Å². The lowest BCUT2D eigenvalue weighted by Gasteiger charge is -1.91. The zero-order chi connectivity index (χ0) is 7.12. The lowest BCUT2D eigenvalue weighted by molar-refractivity contribution is 0.386. The summed E-state index contributed by atoms with van der Waals surface area (Å²) in [7, 11) is -5.89. The van der Waals surface area contributed by atoms with E-state index in [2.05, 4.69) is 4.18 Å². The molecule has 1 heterocycles. The Hall–Kier alpha value is 0.140. The summed E-state index contributed by atoms with van der Waals surface area (Å²) in [4.78, 5) is 0. The minimum Gasteiger partial charge on any atom is -0.320 e. The zero-order valence-electron chi connectivity index (χ0n) is 4.90. The first kappa shape index (κ1) is 7.25. The fourth-order valence-corrected chi connectivity index (χ4v) is 5.41. The third-order valence-corrected chi connectivity index (χ3v) is 5.71. The highest BCUT2D eigenvalue weighted by atomic mass is 32.2. The fraction of sp³-hybridized carbons (Fsp3) is 1.00. The van der Waals surface area contributed by atoms with E-state index in [1.807, 2.05) is 0 Å². The molecule has 1 aliphatic rings. The Bertz CT molecular complexity index is 253. The van der Waals surface area contributed by atoms with Gasteiger partial charge in [0.1, 0.15) is 19.0 Å². The van der Waals surface area contributed by atoms with Gasteiger partial charge >= 0.3 is 0 Å². The molecule has 1 rings (SSSR count). The molecule has 0 aromatic carbocycles. The molecule has 6 heteroatoms. The van der Waals surface area contributed by atoms with Gasteiger partial charge in [0, 0.05) is 0 Å². The second kappa shape index (κ2) is 1.81. The molecule has 0 bridgehead atoms. The van der Waals surface area contributed by atoms with Crippen molar-refractivity contribution in [2.75, 3.05) is 18.5 Å². The van der Waals surface area contributed by atoms with Gasteiger partial charge < -0.3 is 4.57 Å². The van der Waals surface area contributed by atoms with Gasteiger partial charge in [-0.3, -0.25) is 4.18 Å². The van der Waals surface area contributed by atoms with Gasteiger partial charge in [-0.1, -0.05) is 0 Å². The molecule has 0 aromatic rings. The molecule has 0 amide bonds. The van der Waals surface area contributed by atoms with E-state index in [0.29, 0.717) is 0 Å². The molecule has 1 fully saturated rings. The van der Waals surface area contributed by atoms with Crippen molar-refractivity contribution >= 4 is 17.3 Å². The summed E-state index contributed by atoms with van der Waals surface area (Å²) in [6, 6.07) is 0. The van der Waals surface area contributed by atoms with Gasteiger partial charge in [0.15, 0.2) is 0 Å². The minimum absolute atomic E-state index is 0.116. The van der Waals surface area contributed by atoms with Crippen LogP contribution in [0.1, 0.15) is 0 Å². The van der Waals surface area contributed by atoms with Crippen molar-refractivity contribution in [3.63, 3.8) is 0 Å². The number of rotatable bonds is 0. The fourth-order valence-electron chi connectivity index (χ4n) is 0.601. The van der Waals surface area contributed by atoms with E-state index < -0.39 is 17.3 Å². The molecule has 4 nitrogen and oxygen atoms in total. The van der Waals surface area contributed by atoms with Crippen LogP contribution in [0.25, 0.3) is 0 Å². The molecule has 0 aliphatic carbocycles. The highest BCUT2D eigenvalue weighted by Crippen LogP contribution is 2.48. The standard InChI is InChI=1S/C3H7O4PS/c1-8(4)2-7-9(5,6)3-8/h2-3H2,1H3. The SMILES string of the molecule is CP1(=O)COS(=O)(=O)C1. The number of hydrogen-bond acceptors (Lipinski definition) is 4. The maximum absolute atomic E-state index is 10.9. The third-order valence-electron chi connectivity index (χ3n) is 0.937. The summed E-state index contributed by atoms with van der Waals surface area (Å²) in [5.74, 6) is 0. The van der Waals surface area contributed by atoms with Crippen LogP contribution in [0.5, 0.6) is 0 Å². The van der Waals surface area contributed by atoms with Gasteiger partial charge in [-0.25, -0.2) is 0 Å². The van der Waals surface area contributed by atoms with E-state index in [1.54, 1.807) is 0 Å². The van der Waals surface area contributed by atoms with Crippen LogP contribution in [0.3, 0.4) is 0 Å². The molecule has 9 heavy (non-hydrogen) atoms. The molecule has 0 saturated carbocycles. The van der Waals surface area contributed by atoms with Gasteiger partial charge in [-0.2, -0.15) is 8.42 Å². The topological polar surface area (TPSA) is 60.4 Å².